The SMILES string of the molecule is C=C(C)C(=O)OCC1CO1.CCCCCCCCCCCCCCCCCCC=C(C)C(=O)O. The molecule has 1 saturated heterocycles. The van der Waals surface area contributed by atoms with Gasteiger partial charge in [0.1, 0.15) is 12.7 Å². The summed E-state index contributed by atoms with van der Waals surface area (Å²) < 4.78 is 9.60. The molecule has 0 amide bonds. The maximum Gasteiger partial charge on any atom is 0.333 e. The summed E-state index contributed by atoms with van der Waals surface area (Å²) in [6, 6.07) is 0. The fourth-order valence-electron chi connectivity index (χ4n) is 3.55. The molecule has 0 radical (unpaired) electrons. The lowest BCUT2D eigenvalue weighted by Gasteiger charge is -2.03. The maximum atomic E-state index is 10.7. The summed E-state index contributed by atoms with van der Waals surface area (Å²) in [6.45, 7) is 10.1. The van der Waals surface area contributed by atoms with E-state index in [9.17, 15) is 9.59 Å². The zero-order valence-electron chi connectivity index (χ0n) is 22.4. The lowest BCUT2D eigenvalue weighted by Crippen LogP contribution is -2.09. The van der Waals surface area contributed by atoms with Crippen LogP contribution < -0.4 is 0 Å². The van der Waals surface area contributed by atoms with Crippen molar-refractivity contribution in [1.82, 2.24) is 0 Å². The minimum absolute atomic E-state index is 0.142. The Labute approximate surface area is 209 Å². The standard InChI is InChI=1S/C22H42O2.C7H10O3/c1-3-4-5-6-7-8-9-10-11-12-13-14-15-16-17-18-19-20-21(2)22(23)24;1-5(2)7(8)10-4-6-3-9-6/h20H,3-19H2,1-2H3,(H,23,24);6H,1,3-4H2,2H3. The van der Waals surface area contributed by atoms with Crippen LogP contribution in [0.1, 0.15) is 130 Å². The first kappa shape index (κ1) is 32.4. The average Bonchev–Trinajstić information content (AvgIpc) is 3.64. The molecular formula is C29H52O5. The molecule has 1 fully saturated rings. The van der Waals surface area contributed by atoms with Gasteiger partial charge in [-0.2, -0.15) is 0 Å². The van der Waals surface area contributed by atoms with Gasteiger partial charge >= 0.3 is 11.9 Å². The third kappa shape index (κ3) is 23.5. The van der Waals surface area contributed by atoms with Crippen molar-refractivity contribution in [2.75, 3.05) is 13.2 Å². The normalized spacial score (nSPS) is 14.8. The van der Waals surface area contributed by atoms with Crippen molar-refractivity contribution in [3.63, 3.8) is 0 Å². The Hall–Kier alpha value is -1.62. The van der Waals surface area contributed by atoms with E-state index in [1.165, 1.54) is 96.3 Å². The van der Waals surface area contributed by atoms with Gasteiger partial charge in [-0.3, -0.25) is 0 Å². The molecule has 34 heavy (non-hydrogen) atoms. The van der Waals surface area contributed by atoms with Crippen LogP contribution in [0.5, 0.6) is 0 Å². The summed E-state index contributed by atoms with van der Waals surface area (Å²) in [7, 11) is 0. The van der Waals surface area contributed by atoms with Crippen molar-refractivity contribution >= 4 is 11.9 Å². The van der Waals surface area contributed by atoms with Gasteiger partial charge in [0.2, 0.25) is 0 Å². The highest BCUT2D eigenvalue weighted by molar-refractivity contribution is 5.87. The maximum absolute atomic E-state index is 10.7. The molecule has 1 heterocycles. The Bertz CT molecular complexity index is 563. The molecule has 0 aromatic heterocycles. The van der Waals surface area contributed by atoms with E-state index in [0.29, 0.717) is 24.4 Å². The molecule has 5 heteroatoms. The van der Waals surface area contributed by atoms with Gasteiger partial charge in [-0.05, 0) is 26.7 Å². The summed E-state index contributed by atoms with van der Waals surface area (Å²) in [5, 5.41) is 8.75. The smallest absolute Gasteiger partial charge is 0.333 e. The van der Waals surface area contributed by atoms with Crippen LogP contribution >= 0.6 is 0 Å². The van der Waals surface area contributed by atoms with E-state index in [2.05, 4.69) is 13.5 Å². The molecule has 1 unspecified atom stereocenters. The third-order valence-corrected chi connectivity index (χ3v) is 6.00. The first-order chi connectivity index (χ1) is 16.4. The molecule has 1 N–H and O–H groups in total. The number of aliphatic carboxylic acids is 1. The van der Waals surface area contributed by atoms with Gasteiger partial charge in [0.05, 0.1) is 6.61 Å². The van der Waals surface area contributed by atoms with Crippen LogP contribution in [-0.4, -0.2) is 36.4 Å². The van der Waals surface area contributed by atoms with Gasteiger partial charge in [-0.15, -0.1) is 0 Å². The van der Waals surface area contributed by atoms with E-state index in [-0.39, 0.29) is 12.1 Å². The molecule has 1 aliphatic heterocycles. The number of carboxylic acids is 1. The number of carbonyl (C=O) groups excluding carboxylic acids is 1. The molecule has 0 saturated carbocycles. The first-order valence-electron chi connectivity index (χ1n) is 13.7. The van der Waals surface area contributed by atoms with Crippen LogP contribution in [0.15, 0.2) is 23.8 Å². The van der Waals surface area contributed by atoms with E-state index in [0.717, 1.165) is 12.8 Å². The van der Waals surface area contributed by atoms with Crippen LogP contribution in [0.3, 0.4) is 0 Å². The van der Waals surface area contributed by atoms with Crippen molar-refractivity contribution in [2.45, 2.75) is 136 Å². The highest BCUT2D eigenvalue weighted by Gasteiger charge is 2.24. The van der Waals surface area contributed by atoms with Crippen molar-refractivity contribution in [1.29, 1.82) is 0 Å². The number of rotatable bonds is 21. The summed E-state index contributed by atoms with van der Waals surface area (Å²) in [5.74, 6) is -1.12. The molecule has 0 spiro atoms. The monoisotopic (exact) mass is 480 g/mol. The van der Waals surface area contributed by atoms with Crippen LogP contribution in [0.2, 0.25) is 0 Å². The molecule has 0 aromatic rings. The van der Waals surface area contributed by atoms with Gasteiger partial charge in [-0.1, -0.05) is 116 Å². The number of esters is 1. The highest BCUT2D eigenvalue weighted by Crippen LogP contribution is 2.14. The molecular weight excluding hydrogens is 428 g/mol. The summed E-state index contributed by atoms with van der Waals surface area (Å²) >= 11 is 0. The highest BCUT2D eigenvalue weighted by atomic mass is 16.6. The largest absolute Gasteiger partial charge is 0.478 e. The number of epoxide rings is 1. The van der Waals surface area contributed by atoms with Crippen molar-refractivity contribution in [2.24, 2.45) is 0 Å². The van der Waals surface area contributed by atoms with E-state index in [4.69, 9.17) is 14.6 Å². The number of ether oxygens (including phenoxy) is 2. The van der Waals surface area contributed by atoms with Gasteiger partial charge in [-0.25, -0.2) is 9.59 Å². The van der Waals surface area contributed by atoms with E-state index in [1.54, 1.807) is 13.8 Å². The minimum Gasteiger partial charge on any atom is -0.478 e. The van der Waals surface area contributed by atoms with E-state index >= 15 is 0 Å². The lowest BCUT2D eigenvalue weighted by atomic mass is 10.0. The number of carboxylic acid groups (broad SMARTS) is 1. The zero-order valence-corrected chi connectivity index (χ0v) is 22.4. The van der Waals surface area contributed by atoms with E-state index < -0.39 is 5.97 Å². The summed E-state index contributed by atoms with van der Waals surface area (Å²) in [6.07, 6.45) is 24.9. The van der Waals surface area contributed by atoms with Crippen LogP contribution in [-0.2, 0) is 19.1 Å². The average molecular weight is 481 g/mol. The number of unbranched alkanes of at least 4 members (excludes halogenated alkanes) is 16. The van der Waals surface area contributed by atoms with Crippen LogP contribution in [0.25, 0.3) is 0 Å². The van der Waals surface area contributed by atoms with Gasteiger partial charge in [0.25, 0.3) is 0 Å². The molecule has 1 atom stereocenters. The zero-order chi connectivity index (χ0) is 25.4. The van der Waals surface area contributed by atoms with Gasteiger partial charge < -0.3 is 14.6 Å². The van der Waals surface area contributed by atoms with Crippen molar-refractivity contribution in [3.05, 3.63) is 23.8 Å². The van der Waals surface area contributed by atoms with Crippen LogP contribution in [0.4, 0.5) is 0 Å². The molecule has 1 rings (SSSR count). The molecule has 1 aliphatic rings. The topological polar surface area (TPSA) is 76.1 Å². The summed E-state index contributed by atoms with van der Waals surface area (Å²) in [5.41, 5.74) is 0.914. The molecule has 0 aromatic carbocycles. The molecule has 0 bridgehead atoms. The predicted octanol–water partition coefficient (Wildman–Crippen LogP) is 8.17. The Kier molecular flexibility index (Phi) is 22.0. The van der Waals surface area contributed by atoms with Gasteiger partial charge in [0.15, 0.2) is 0 Å². The lowest BCUT2D eigenvalue weighted by molar-refractivity contribution is -0.139. The quantitative estimate of drug-likeness (QED) is 0.0775. The predicted molar refractivity (Wildman–Crippen MR) is 141 cm³/mol. The second-order valence-corrected chi connectivity index (χ2v) is 9.62. The van der Waals surface area contributed by atoms with Crippen molar-refractivity contribution in [3.8, 4) is 0 Å². The molecule has 5 nitrogen and oxygen atoms in total. The minimum atomic E-state index is -0.786. The molecule has 198 valence electrons. The fourth-order valence-corrected chi connectivity index (χ4v) is 3.55. The Morgan fingerprint density at radius 3 is 1.62 bits per heavy atom. The van der Waals surface area contributed by atoms with E-state index in [1.807, 2.05) is 6.08 Å². The number of hydrogen-bond acceptors (Lipinski definition) is 4. The fraction of sp³-hybridized carbons (Fsp3) is 0.793. The third-order valence-electron chi connectivity index (χ3n) is 6.00. The first-order valence-corrected chi connectivity index (χ1v) is 13.7. The second-order valence-electron chi connectivity index (χ2n) is 9.62. The number of allylic oxidation sites excluding steroid dienone is 1. The second kappa shape index (κ2) is 23.1. The summed E-state index contributed by atoms with van der Waals surface area (Å²) in [4.78, 5) is 21.3. The number of hydrogen-bond donors (Lipinski definition) is 1. The Morgan fingerprint density at radius 1 is 0.853 bits per heavy atom. The van der Waals surface area contributed by atoms with Crippen molar-refractivity contribution < 1.29 is 24.2 Å². The van der Waals surface area contributed by atoms with Gasteiger partial charge in [0, 0.05) is 11.1 Å². The van der Waals surface area contributed by atoms with Crippen LogP contribution in [0, 0.1) is 0 Å². The Balaban J connectivity index is 0.000000896. The molecule has 0 aliphatic carbocycles. The Morgan fingerprint density at radius 2 is 1.26 bits per heavy atom. The number of carbonyl (C=O) groups is 2.